The molecule has 1 N–H and O–H groups in total. The maximum absolute atomic E-state index is 11.7. The predicted molar refractivity (Wildman–Crippen MR) is 74.6 cm³/mol. The van der Waals surface area contributed by atoms with Crippen molar-refractivity contribution in [1.29, 1.82) is 5.26 Å². The Bertz CT molecular complexity index is 575. The zero-order chi connectivity index (χ0) is 13.8. The number of carbonyl (C=O) groups is 1. The van der Waals surface area contributed by atoms with Crippen LogP contribution in [-0.2, 0) is 4.79 Å². The Morgan fingerprint density at radius 2 is 2.32 bits per heavy atom. The Kier molecular flexibility index (Phi) is 4.13. The molecule has 19 heavy (non-hydrogen) atoms. The van der Waals surface area contributed by atoms with Gasteiger partial charge in [-0.25, -0.2) is 0 Å². The molecule has 5 heteroatoms. The molecule has 0 aliphatic carbocycles. The van der Waals surface area contributed by atoms with E-state index < -0.39 is 0 Å². The smallest absolute Gasteiger partial charge is 0.225 e. The Labute approximate surface area is 116 Å². The third-order valence-electron chi connectivity index (χ3n) is 3.06. The second-order valence-electron chi connectivity index (χ2n) is 4.14. The average Bonchev–Trinajstić information content (AvgIpc) is 2.46. The van der Waals surface area contributed by atoms with Crippen molar-refractivity contribution < 1.29 is 9.53 Å². The third kappa shape index (κ3) is 2.74. The summed E-state index contributed by atoms with van der Waals surface area (Å²) in [6.07, 6.45) is 2.14. The van der Waals surface area contributed by atoms with Gasteiger partial charge in [0.2, 0.25) is 5.91 Å². The van der Waals surface area contributed by atoms with Gasteiger partial charge in [-0.15, -0.1) is 11.8 Å². The average molecular weight is 274 g/mol. The molecule has 0 saturated carbocycles. The molecule has 0 aromatic heterocycles. The van der Waals surface area contributed by atoms with Gasteiger partial charge in [-0.1, -0.05) is 12.1 Å². The van der Waals surface area contributed by atoms with Crippen LogP contribution in [0.1, 0.15) is 17.9 Å². The summed E-state index contributed by atoms with van der Waals surface area (Å²) in [6, 6.07) is 9.72. The van der Waals surface area contributed by atoms with Crippen molar-refractivity contribution >= 4 is 17.7 Å². The zero-order valence-electron chi connectivity index (χ0n) is 10.8. The minimum Gasteiger partial charge on any atom is -0.497 e. The highest BCUT2D eigenvalue weighted by Gasteiger charge is 2.29. The largest absolute Gasteiger partial charge is 0.497 e. The summed E-state index contributed by atoms with van der Waals surface area (Å²) < 4.78 is 5.19. The number of nitrogens with one attached hydrogen (secondary N) is 1. The maximum atomic E-state index is 11.7. The van der Waals surface area contributed by atoms with Gasteiger partial charge in [0.15, 0.2) is 0 Å². The van der Waals surface area contributed by atoms with E-state index in [1.165, 1.54) is 11.8 Å². The van der Waals surface area contributed by atoms with Crippen molar-refractivity contribution in [2.75, 3.05) is 13.4 Å². The van der Waals surface area contributed by atoms with Gasteiger partial charge in [0.25, 0.3) is 0 Å². The van der Waals surface area contributed by atoms with Crippen LogP contribution < -0.4 is 10.1 Å². The van der Waals surface area contributed by atoms with Crippen molar-refractivity contribution in [3.8, 4) is 11.8 Å². The van der Waals surface area contributed by atoms with Crippen LogP contribution in [-0.4, -0.2) is 19.3 Å². The number of benzene rings is 1. The van der Waals surface area contributed by atoms with E-state index in [2.05, 4.69) is 11.4 Å². The van der Waals surface area contributed by atoms with Crippen LogP contribution in [0.4, 0.5) is 0 Å². The number of carbonyl (C=O) groups excluding carboxylic acids is 1. The molecular weight excluding hydrogens is 260 g/mol. The van der Waals surface area contributed by atoms with Gasteiger partial charge in [0, 0.05) is 12.3 Å². The molecule has 1 atom stereocenters. The van der Waals surface area contributed by atoms with E-state index in [9.17, 15) is 10.1 Å². The lowest BCUT2D eigenvalue weighted by Gasteiger charge is -2.24. The number of hydrogen-bond donors (Lipinski definition) is 1. The molecular formula is C14H14N2O2S. The molecule has 0 saturated heterocycles. The Balaban J connectivity index is 2.46. The van der Waals surface area contributed by atoms with E-state index in [1.54, 1.807) is 7.11 Å². The van der Waals surface area contributed by atoms with Crippen molar-refractivity contribution in [3.63, 3.8) is 0 Å². The quantitative estimate of drug-likeness (QED) is 0.919. The van der Waals surface area contributed by atoms with Gasteiger partial charge in [-0.2, -0.15) is 5.26 Å². The summed E-state index contributed by atoms with van der Waals surface area (Å²) in [6.45, 7) is 0. The molecule has 1 aliphatic heterocycles. The van der Waals surface area contributed by atoms with E-state index in [4.69, 9.17) is 4.74 Å². The zero-order valence-corrected chi connectivity index (χ0v) is 11.6. The molecule has 2 rings (SSSR count). The summed E-state index contributed by atoms with van der Waals surface area (Å²) in [5, 5.41) is 12.7. The summed E-state index contributed by atoms with van der Waals surface area (Å²) >= 11 is 1.38. The molecule has 4 nitrogen and oxygen atoms in total. The number of nitrogens with zero attached hydrogens (tertiary/aromatic N) is 1. The lowest BCUT2D eigenvalue weighted by atomic mass is 9.87. The molecule has 0 fully saturated rings. The molecule has 1 amide bonds. The van der Waals surface area contributed by atoms with Crippen molar-refractivity contribution in [2.45, 2.75) is 12.3 Å². The second kappa shape index (κ2) is 5.81. The summed E-state index contributed by atoms with van der Waals surface area (Å²) in [5.74, 6) is 0.471. The van der Waals surface area contributed by atoms with Gasteiger partial charge in [-0.3, -0.25) is 4.79 Å². The highest BCUT2D eigenvalue weighted by molar-refractivity contribution is 8.02. The van der Waals surface area contributed by atoms with Gasteiger partial charge in [-0.05, 0) is 24.0 Å². The SMILES string of the molecule is COc1cccc([C@@H]2CC(=O)NC(SC)=C2C#N)c1. The van der Waals surface area contributed by atoms with Crippen LogP contribution >= 0.6 is 11.8 Å². The number of methoxy groups -OCH3 is 1. The highest BCUT2D eigenvalue weighted by atomic mass is 32.2. The number of thioether (sulfide) groups is 1. The van der Waals surface area contributed by atoms with E-state index in [0.29, 0.717) is 17.0 Å². The topological polar surface area (TPSA) is 62.1 Å². The van der Waals surface area contributed by atoms with Gasteiger partial charge in [0.1, 0.15) is 5.75 Å². The molecule has 1 aromatic carbocycles. The van der Waals surface area contributed by atoms with Crippen LogP contribution in [0.2, 0.25) is 0 Å². The molecule has 1 heterocycles. The van der Waals surface area contributed by atoms with E-state index in [1.807, 2.05) is 30.5 Å². The Morgan fingerprint density at radius 3 is 2.95 bits per heavy atom. The fraction of sp³-hybridized carbons (Fsp3) is 0.286. The minimum absolute atomic E-state index is 0.0591. The number of rotatable bonds is 3. The molecule has 98 valence electrons. The van der Waals surface area contributed by atoms with Crippen LogP contribution in [0.15, 0.2) is 34.9 Å². The molecule has 1 aromatic rings. The number of hydrogen-bond acceptors (Lipinski definition) is 4. The number of ether oxygens (including phenoxy) is 1. The van der Waals surface area contributed by atoms with Gasteiger partial charge < -0.3 is 10.1 Å². The fourth-order valence-corrected chi connectivity index (χ4v) is 2.75. The Morgan fingerprint density at radius 1 is 1.53 bits per heavy atom. The molecule has 1 aliphatic rings. The minimum atomic E-state index is -0.198. The standard InChI is InChI=1S/C14H14N2O2S/c1-18-10-5-3-4-9(6-10)11-7-13(17)16-14(19-2)12(11)8-15/h3-6,11H,7H2,1-2H3,(H,16,17)/t11-/m0/s1. The molecule has 0 unspecified atom stereocenters. The van der Waals surface area contributed by atoms with Crippen molar-refractivity contribution in [2.24, 2.45) is 0 Å². The van der Waals surface area contributed by atoms with Crippen LogP contribution in [0.25, 0.3) is 0 Å². The first kappa shape index (κ1) is 13.5. The van der Waals surface area contributed by atoms with E-state index in [0.717, 1.165) is 11.3 Å². The summed E-state index contributed by atoms with van der Waals surface area (Å²) in [7, 11) is 1.60. The van der Waals surface area contributed by atoms with Gasteiger partial charge >= 0.3 is 0 Å². The first-order chi connectivity index (χ1) is 9.19. The highest BCUT2D eigenvalue weighted by Crippen LogP contribution is 2.36. The fourth-order valence-electron chi connectivity index (χ4n) is 2.12. The normalized spacial score (nSPS) is 18.8. The molecule has 0 bridgehead atoms. The lowest BCUT2D eigenvalue weighted by Crippen LogP contribution is -2.30. The van der Waals surface area contributed by atoms with Crippen molar-refractivity contribution in [3.05, 3.63) is 40.4 Å². The predicted octanol–water partition coefficient (Wildman–Crippen LogP) is 2.40. The second-order valence-corrected chi connectivity index (χ2v) is 4.96. The number of amides is 1. The molecule has 0 radical (unpaired) electrons. The lowest BCUT2D eigenvalue weighted by molar-refractivity contribution is -0.120. The van der Waals surface area contributed by atoms with Crippen LogP contribution in [0.3, 0.4) is 0 Å². The van der Waals surface area contributed by atoms with Crippen LogP contribution in [0, 0.1) is 11.3 Å². The van der Waals surface area contributed by atoms with Crippen molar-refractivity contribution in [1.82, 2.24) is 5.32 Å². The Hall–Kier alpha value is -1.93. The summed E-state index contributed by atoms with van der Waals surface area (Å²) in [5.41, 5.74) is 1.54. The van der Waals surface area contributed by atoms with Gasteiger partial charge in [0.05, 0.1) is 23.8 Å². The first-order valence-corrected chi connectivity index (χ1v) is 7.04. The summed E-state index contributed by atoms with van der Waals surface area (Å²) in [4.78, 5) is 11.7. The van der Waals surface area contributed by atoms with E-state index >= 15 is 0 Å². The monoisotopic (exact) mass is 274 g/mol. The van der Waals surface area contributed by atoms with E-state index in [-0.39, 0.29) is 11.8 Å². The number of nitriles is 1. The van der Waals surface area contributed by atoms with Crippen LogP contribution in [0.5, 0.6) is 5.75 Å². The maximum Gasteiger partial charge on any atom is 0.225 e. The number of allylic oxidation sites excluding steroid dienone is 1. The molecule has 0 spiro atoms. The third-order valence-corrected chi connectivity index (χ3v) is 3.79. The first-order valence-electron chi connectivity index (χ1n) is 5.81.